The molecule has 0 heterocycles. The van der Waals surface area contributed by atoms with E-state index in [0.717, 1.165) is 24.4 Å². The molecule has 0 aromatic heterocycles. The molecule has 2 saturated carbocycles. The van der Waals surface area contributed by atoms with Crippen molar-refractivity contribution in [3.05, 3.63) is 0 Å². The predicted octanol–water partition coefficient (Wildman–Crippen LogP) is 2.89. The van der Waals surface area contributed by atoms with Gasteiger partial charge in [-0.15, -0.1) is 0 Å². The number of rotatable bonds is 8. The molecule has 0 bridgehead atoms. The van der Waals surface area contributed by atoms with Crippen LogP contribution in [-0.4, -0.2) is 37.1 Å². The van der Waals surface area contributed by atoms with E-state index in [1.807, 2.05) is 0 Å². The van der Waals surface area contributed by atoms with Crippen LogP contribution >= 0.6 is 0 Å². The van der Waals surface area contributed by atoms with Crippen LogP contribution in [0.1, 0.15) is 52.4 Å². The van der Waals surface area contributed by atoms with Gasteiger partial charge in [0.25, 0.3) is 0 Å². The average molecular weight is 238 g/mol. The Bertz CT molecular complexity index is 213. The zero-order valence-corrected chi connectivity index (χ0v) is 11.8. The van der Waals surface area contributed by atoms with Crippen LogP contribution in [0.3, 0.4) is 0 Å². The van der Waals surface area contributed by atoms with E-state index in [1.165, 1.54) is 58.2 Å². The number of hydrogen-bond acceptors (Lipinski definition) is 2. The van der Waals surface area contributed by atoms with Crippen LogP contribution < -0.4 is 5.32 Å². The maximum absolute atomic E-state index is 3.67. The Kier molecular flexibility index (Phi) is 5.30. The Hall–Kier alpha value is -0.0800. The highest BCUT2D eigenvalue weighted by molar-refractivity contribution is 4.84. The first-order valence-corrected chi connectivity index (χ1v) is 7.79. The summed E-state index contributed by atoms with van der Waals surface area (Å²) in [6.07, 6.45) is 8.70. The molecule has 0 aromatic rings. The summed E-state index contributed by atoms with van der Waals surface area (Å²) >= 11 is 0. The SMILES string of the molecule is CCNC1CCCC1CCN(CC)CC1CC1. The van der Waals surface area contributed by atoms with Crippen LogP contribution in [0.5, 0.6) is 0 Å². The van der Waals surface area contributed by atoms with E-state index >= 15 is 0 Å². The van der Waals surface area contributed by atoms with Crippen LogP contribution in [-0.2, 0) is 0 Å². The second kappa shape index (κ2) is 6.75. The van der Waals surface area contributed by atoms with Crippen molar-refractivity contribution in [3.63, 3.8) is 0 Å². The summed E-state index contributed by atoms with van der Waals surface area (Å²) < 4.78 is 0. The number of nitrogens with zero attached hydrogens (tertiary/aromatic N) is 1. The lowest BCUT2D eigenvalue weighted by molar-refractivity contribution is 0.243. The average Bonchev–Trinajstić information content (AvgIpc) is 3.05. The molecule has 0 saturated heterocycles. The predicted molar refractivity (Wildman–Crippen MR) is 74.3 cm³/mol. The van der Waals surface area contributed by atoms with Crippen LogP contribution in [0.15, 0.2) is 0 Å². The third-order valence-electron chi connectivity index (χ3n) is 4.60. The zero-order valence-electron chi connectivity index (χ0n) is 11.8. The molecule has 17 heavy (non-hydrogen) atoms. The van der Waals surface area contributed by atoms with Crippen molar-refractivity contribution in [1.82, 2.24) is 10.2 Å². The van der Waals surface area contributed by atoms with Crippen molar-refractivity contribution in [2.24, 2.45) is 11.8 Å². The van der Waals surface area contributed by atoms with E-state index in [0.29, 0.717) is 0 Å². The van der Waals surface area contributed by atoms with Crippen LogP contribution in [0.25, 0.3) is 0 Å². The van der Waals surface area contributed by atoms with Gasteiger partial charge in [0.05, 0.1) is 0 Å². The lowest BCUT2D eigenvalue weighted by atomic mass is 9.99. The van der Waals surface area contributed by atoms with Gasteiger partial charge in [0, 0.05) is 12.6 Å². The van der Waals surface area contributed by atoms with Crippen LogP contribution in [0.4, 0.5) is 0 Å². The molecular weight excluding hydrogens is 208 g/mol. The van der Waals surface area contributed by atoms with Crippen molar-refractivity contribution >= 4 is 0 Å². The molecule has 2 aliphatic rings. The van der Waals surface area contributed by atoms with Gasteiger partial charge in [-0.3, -0.25) is 0 Å². The molecule has 1 N–H and O–H groups in total. The minimum absolute atomic E-state index is 0.819. The number of nitrogens with one attached hydrogen (secondary N) is 1. The normalized spacial score (nSPS) is 29.1. The Morgan fingerprint density at radius 1 is 1.12 bits per heavy atom. The van der Waals surface area contributed by atoms with E-state index in [9.17, 15) is 0 Å². The van der Waals surface area contributed by atoms with Crippen LogP contribution in [0.2, 0.25) is 0 Å². The lowest BCUT2D eigenvalue weighted by Gasteiger charge is -2.25. The molecule has 0 aliphatic heterocycles. The fraction of sp³-hybridized carbons (Fsp3) is 1.00. The van der Waals surface area contributed by atoms with E-state index < -0.39 is 0 Å². The van der Waals surface area contributed by atoms with Crippen molar-refractivity contribution in [1.29, 1.82) is 0 Å². The van der Waals surface area contributed by atoms with Crippen molar-refractivity contribution in [2.45, 2.75) is 58.4 Å². The fourth-order valence-corrected chi connectivity index (χ4v) is 3.31. The monoisotopic (exact) mass is 238 g/mol. The Morgan fingerprint density at radius 3 is 2.59 bits per heavy atom. The maximum Gasteiger partial charge on any atom is 0.00956 e. The molecule has 2 nitrogen and oxygen atoms in total. The van der Waals surface area contributed by atoms with Gasteiger partial charge in [-0.1, -0.05) is 20.3 Å². The molecule has 0 spiro atoms. The van der Waals surface area contributed by atoms with Crippen molar-refractivity contribution in [3.8, 4) is 0 Å². The fourth-order valence-electron chi connectivity index (χ4n) is 3.31. The van der Waals surface area contributed by atoms with E-state index in [-0.39, 0.29) is 0 Å². The van der Waals surface area contributed by atoms with Crippen LogP contribution in [0, 0.1) is 11.8 Å². The highest BCUT2D eigenvalue weighted by Gasteiger charge is 2.28. The van der Waals surface area contributed by atoms with Gasteiger partial charge >= 0.3 is 0 Å². The maximum atomic E-state index is 3.67. The van der Waals surface area contributed by atoms with E-state index in [1.54, 1.807) is 0 Å². The van der Waals surface area contributed by atoms with E-state index in [4.69, 9.17) is 0 Å². The summed E-state index contributed by atoms with van der Waals surface area (Å²) in [5.74, 6) is 1.99. The largest absolute Gasteiger partial charge is 0.314 e. The second-order valence-corrected chi connectivity index (χ2v) is 5.98. The summed E-state index contributed by atoms with van der Waals surface area (Å²) in [6.45, 7) is 9.64. The highest BCUT2D eigenvalue weighted by Crippen LogP contribution is 2.31. The Labute approximate surface area is 107 Å². The standard InChI is InChI=1S/C15H30N2/c1-3-16-15-7-5-6-14(15)10-11-17(4-2)12-13-8-9-13/h13-16H,3-12H2,1-2H3. The summed E-state index contributed by atoms with van der Waals surface area (Å²) in [5, 5.41) is 3.67. The smallest absolute Gasteiger partial charge is 0.00956 e. The Balaban J connectivity index is 1.67. The third kappa shape index (κ3) is 4.26. The highest BCUT2D eigenvalue weighted by atomic mass is 15.1. The van der Waals surface area contributed by atoms with Gasteiger partial charge in [0.1, 0.15) is 0 Å². The second-order valence-electron chi connectivity index (χ2n) is 5.98. The molecule has 2 heteroatoms. The molecule has 2 fully saturated rings. The van der Waals surface area contributed by atoms with Gasteiger partial charge in [-0.05, 0) is 63.6 Å². The zero-order chi connectivity index (χ0) is 12.1. The summed E-state index contributed by atoms with van der Waals surface area (Å²) in [4.78, 5) is 2.68. The minimum atomic E-state index is 0.819. The molecule has 2 atom stereocenters. The van der Waals surface area contributed by atoms with Gasteiger partial charge < -0.3 is 10.2 Å². The quantitative estimate of drug-likeness (QED) is 0.699. The number of hydrogen-bond donors (Lipinski definition) is 1. The Morgan fingerprint density at radius 2 is 1.94 bits per heavy atom. The van der Waals surface area contributed by atoms with Gasteiger partial charge in [0.15, 0.2) is 0 Å². The molecule has 0 aromatic carbocycles. The van der Waals surface area contributed by atoms with Gasteiger partial charge in [-0.2, -0.15) is 0 Å². The summed E-state index contributed by atoms with van der Waals surface area (Å²) in [5.41, 5.74) is 0. The molecular formula is C15H30N2. The first-order valence-electron chi connectivity index (χ1n) is 7.79. The molecule has 0 radical (unpaired) electrons. The first-order chi connectivity index (χ1) is 8.33. The van der Waals surface area contributed by atoms with Gasteiger partial charge in [0.2, 0.25) is 0 Å². The summed E-state index contributed by atoms with van der Waals surface area (Å²) in [7, 11) is 0. The van der Waals surface area contributed by atoms with Crippen molar-refractivity contribution < 1.29 is 0 Å². The first kappa shape index (κ1) is 13.4. The topological polar surface area (TPSA) is 15.3 Å². The van der Waals surface area contributed by atoms with Crippen molar-refractivity contribution in [2.75, 3.05) is 26.2 Å². The lowest BCUT2D eigenvalue weighted by Crippen LogP contribution is -2.35. The summed E-state index contributed by atoms with van der Waals surface area (Å²) in [6, 6.07) is 0.819. The molecule has 2 unspecified atom stereocenters. The molecule has 2 aliphatic carbocycles. The van der Waals surface area contributed by atoms with Gasteiger partial charge in [-0.25, -0.2) is 0 Å². The molecule has 100 valence electrons. The van der Waals surface area contributed by atoms with E-state index in [2.05, 4.69) is 24.1 Å². The minimum Gasteiger partial charge on any atom is -0.314 e. The molecule has 2 rings (SSSR count). The molecule has 0 amide bonds. The third-order valence-corrected chi connectivity index (χ3v) is 4.60.